The van der Waals surface area contributed by atoms with Crippen molar-refractivity contribution < 1.29 is 19.4 Å². The van der Waals surface area contributed by atoms with E-state index in [0.717, 1.165) is 0 Å². The number of methoxy groups -OCH3 is 1. The molecule has 0 aliphatic rings. The Morgan fingerprint density at radius 3 is 2.75 bits per heavy atom. The first-order valence-electron chi connectivity index (χ1n) is 5.60. The van der Waals surface area contributed by atoms with Crippen molar-refractivity contribution in [2.24, 2.45) is 0 Å². The fraction of sp³-hybridized carbons (Fsp3) is 0.231. The number of carbonyl (C=O) groups excluding carboxylic acids is 1. The van der Waals surface area contributed by atoms with Gasteiger partial charge in [-0.15, -0.1) is 0 Å². The van der Waals surface area contributed by atoms with E-state index < -0.39 is 17.9 Å². The molecule has 1 aromatic carbocycles. The van der Waals surface area contributed by atoms with E-state index in [0.29, 0.717) is 15.6 Å². The van der Waals surface area contributed by atoms with Gasteiger partial charge in [0.15, 0.2) is 6.04 Å². The Balaban J connectivity index is 2.72. The zero-order valence-corrected chi connectivity index (χ0v) is 12.1. The molecule has 1 unspecified atom stereocenters. The number of hydrogen-bond donors (Lipinski definition) is 2. The first-order valence-corrected chi connectivity index (χ1v) is 6.35. The number of nitrogens with one attached hydrogen (secondary N) is 1. The minimum atomic E-state index is -1.17. The lowest BCUT2D eigenvalue weighted by molar-refractivity contribution is -0.142. The van der Waals surface area contributed by atoms with Gasteiger partial charge in [0.05, 0.1) is 16.7 Å². The zero-order chi connectivity index (χ0) is 15.1. The molecule has 20 heavy (non-hydrogen) atoms. The summed E-state index contributed by atoms with van der Waals surface area (Å²) in [6.07, 6.45) is 2.64. The van der Waals surface area contributed by atoms with Crippen LogP contribution in [0.15, 0.2) is 24.3 Å². The average Bonchev–Trinajstić information content (AvgIpc) is 2.40. The lowest BCUT2D eigenvalue weighted by Crippen LogP contribution is -2.43. The molecule has 1 rings (SSSR count). The molecular formula is C13H13Cl2NO4. The van der Waals surface area contributed by atoms with Crippen LogP contribution in [0.25, 0.3) is 6.08 Å². The normalized spacial score (nSPS) is 12.3. The molecule has 0 aliphatic carbocycles. The van der Waals surface area contributed by atoms with Gasteiger partial charge in [-0.2, -0.15) is 0 Å². The van der Waals surface area contributed by atoms with Gasteiger partial charge in [0.25, 0.3) is 0 Å². The highest BCUT2D eigenvalue weighted by molar-refractivity contribution is 6.42. The number of ether oxygens (including phenoxy) is 1. The summed E-state index contributed by atoms with van der Waals surface area (Å²) in [5.74, 6) is -1.74. The molecule has 0 spiro atoms. The highest BCUT2D eigenvalue weighted by atomic mass is 35.5. The summed E-state index contributed by atoms with van der Waals surface area (Å²) in [5, 5.41) is 11.9. The second-order valence-electron chi connectivity index (χ2n) is 3.83. The van der Waals surface area contributed by atoms with Gasteiger partial charge in [-0.3, -0.25) is 4.79 Å². The first kappa shape index (κ1) is 16.5. The summed E-state index contributed by atoms with van der Waals surface area (Å²) in [7, 11) is 1.35. The van der Waals surface area contributed by atoms with Crippen LogP contribution in [0, 0.1) is 0 Å². The number of hydrogen-bond acceptors (Lipinski definition) is 3. The van der Waals surface area contributed by atoms with E-state index >= 15 is 0 Å². The number of carboxylic acid groups (broad SMARTS) is 1. The fourth-order valence-corrected chi connectivity index (χ4v) is 1.75. The second-order valence-corrected chi connectivity index (χ2v) is 4.62. The van der Waals surface area contributed by atoms with Gasteiger partial charge >= 0.3 is 5.97 Å². The lowest BCUT2D eigenvalue weighted by Gasteiger charge is -2.11. The summed E-state index contributed by atoms with van der Waals surface area (Å²) in [6.45, 7) is -0.118. The molecule has 0 fully saturated rings. The van der Waals surface area contributed by atoms with Gasteiger partial charge in [-0.25, -0.2) is 4.79 Å². The van der Waals surface area contributed by atoms with Crippen molar-refractivity contribution in [3.05, 3.63) is 39.9 Å². The summed E-state index contributed by atoms with van der Waals surface area (Å²) in [5.41, 5.74) is 0.563. The van der Waals surface area contributed by atoms with Gasteiger partial charge in [0.2, 0.25) is 5.91 Å². The Bertz CT molecular complexity index is 531. The van der Waals surface area contributed by atoms with Crippen LogP contribution in [-0.2, 0) is 14.3 Å². The van der Waals surface area contributed by atoms with Crippen molar-refractivity contribution in [3.8, 4) is 0 Å². The predicted molar refractivity (Wildman–Crippen MR) is 76.9 cm³/mol. The monoisotopic (exact) mass is 317 g/mol. The van der Waals surface area contributed by atoms with E-state index in [4.69, 9.17) is 33.0 Å². The minimum Gasteiger partial charge on any atom is -0.480 e. The van der Waals surface area contributed by atoms with E-state index in [9.17, 15) is 9.59 Å². The number of halogens is 2. The van der Waals surface area contributed by atoms with Crippen LogP contribution in [0.1, 0.15) is 5.56 Å². The number of amides is 1. The summed E-state index contributed by atoms with van der Waals surface area (Å²) in [6, 6.07) is 3.89. The molecule has 1 atom stereocenters. The Labute approximate surface area is 126 Å². The Morgan fingerprint density at radius 2 is 2.15 bits per heavy atom. The minimum absolute atomic E-state index is 0.118. The maximum atomic E-state index is 11.6. The number of aliphatic carboxylic acids is 1. The molecule has 5 nitrogen and oxygen atoms in total. The van der Waals surface area contributed by atoms with Crippen molar-refractivity contribution in [2.75, 3.05) is 13.7 Å². The molecule has 0 heterocycles. The smallest absolute Gasteiger partial charge is 0.328 e. The van der Waals surface area contributed by atoms with Crippen LogP contribution in [0.2, 0.25) is 10.0 Å². The van der Waals surface area contributed by atoms with E-state index in [2.05, 4.69) is 5.32 Å². The predicted octanol–water partition coefficient (Wildman–Crippen LogP) is 2.22. The molecule has 1 amide bonds. The Morgan fingerprint density at radius 1 is 1.45 bits per heavy atom. The van der Waals surface area contributed by atoms with Crippen molar-refractivity contribution >= 4 is 41.2 Å². The van der Waals surface area contributed by atoms with Crippen LogP contribution in [0.5, 0.6) is 0 Å². The topological polar surface area (TPSA) is 75.6 Å². The maximum absolute atomic E-state index is 11.6. The third-order valence-corrected chi connectivity index (χ3v) is 3.18. The van der Waals surface area contributed by atoms with E-state index in [1.54, 1.807) is 18.2 Å². The van der Waals surface area contributed by atoms with Gasteiger partial charge < -0.3 is 15.2 Å². The second kappa shape index (κ2) is 7.89. The summed E-state index contributed by atoms with van der Waals surface area (Å²) < 4.78 is 4.71. The molecule has 0 saturated heterocycles. The number of carboxylic acids is 1. The maximum Gasteiger partial charge on any atom is 0.328 e. The molecule has 2 N–H and O–H groups in total. The van der Waals surface area contributed by atoms with Crippen LogP contribution in [-0.4, -0.2) is 36.7 Å². The standard InChI is InChI=1S/C13H13Cl2NO4/c1-20-7-10(13(18)19)16-11(17)6-5-8-3-2-4-9(14)12(8)15/h2-6,10H,7H2,1H3,(H,16,17)(H,18,19)/b6-5+. The van der Waals surface area contributed by atoms with Crippen molar-refractivity contribution in [3.63, 3.8) is 0 Å². The molecule has 1 aromatic rings. The third kappa shape index (κ3) is 4.85. The van der Waals surface area contributed by atoms with Gasteiger partial charge in [-0.05, 0) is 17.7 Å². The van der Waals surface area contributed by atoms with E-state index in [1.807, 2.05) is 0 Å². The highest BCUT2D eigenvalue weighted by Gasteiger charge is 2.18. The van der Waals surface area contributed by atoms with Crippen LogP contribution < -0.4 is 5.32 Å². The molecular weight excluding hydrogens is 305 g/mol. The van der Waals surface area contributed by atoms with Crippen molar-refractivity contribution in [1.82, 2.24) is 5.32 Å². The lowest BCUT2D eigenvalue weighted by atomic mass is 10.2. The Hall–Kier alpha value is -1.56. The molecule has 7 heteroatoms. The van der Waals surface area contributed by atoms with Crippen LogP contribution in [0.4, 0.5) is 0 Å². The van der Waals surface area contributed by atoms with Crippen molar-refractivity contribution in [2.45, 2.75) is 6.04 Å². The third-order valence-electron chi connectivity index (χ3n) is 2.34. The van der Waals surface area contributed by atoms with Gasteiger partial charge in [-0.1, -0.05) is 35.3 Å². The molecule has 108 valence electrons. The Kier molecular flexibility index (Phi) is 6.51. The first-order chi connectivity index (χ1) is 9.45. The molecule has 0 saturated carbocycles. The molecule has 0 aliphatic heterocycles. The molecule has 0 radical (unpaired) electrons. The fourth-order valence-electron chi connectivity index (χ4n) is 1.38. The van der Waals surface area contributed by atoms with Crippen LogP contribution >= 0.6 is 23.2 Å². The number of rotatable bonds is 6. The molecule has 0 aromatic heterocycles. The van der Waals surface area contributed by atoms with Gasteiger partial charge in [0.1, 0.15) is 0 Å². The van der Waals surface area contributed by atoms with Crippen molar-refractivity contribution in [1.29, 1.82) is 0 Å². The molecule has 0 bridgehead atoms. The largest absolute Gasteiger partial charge is 0.480 e. The number of carbonyl (C=O) groups is 2. The quantitative estimate of drug-likeness (QED) is 0.789. The number of benzene rings is 1. The van der Waals surface area contributed by atoms with E-state index in [-0.39, 0.29) is 6.61 Å². The van der Waals surface area contributed by atoms with Crippen LogP contribution in [0.3, 0.4) is 0 Å². The zero-order valence-electron chi connectivity index (χ0n) is 10.6. The SMILES string of the molecule is COCC(NC(=O)/C=C/c1cccc(Cl)c1Cl)C(=O)O. The summed E-state index contributed by atoms with van der Waals surface area (Å²) >= 11 is 11.8. The summed E-state index contributed by atoms with van der Waals surface area (Å²) in [4.78, 5) is 22.4. The highest BCUT2D eigenvalue weighted by Crippen LogP contribution is 2.26. The van der Waals surface area contributed by atoms with E-state index in [1.165, 1.54) is 19.3 Å². The average molecular weight is 318 g/mol. The van der Waals surface area contributed by atoms with Gasteiger partial charge in [0, 0.05) is 13.2 Å².